The number of aliphatic hydroxyl groups excluding tert-OH is 1. The fourth-order valence-electron chi connectivity index (χ4n) is 1.92. The molecule has 3 nitrogen and oxygen atoms in total. The van der Waals surface area contributed by atoms with Crippen LogP contribution >= 0.6 is 0 Å². The SMILES string of the molecule is N#CC12CC(CO)(CO1)C2. The first-order valence-corrected chi connectivity index (χ1v) is 3.40. The Bertz CT molecular complexity index is 200. The van der Waals surface area contributed by atoms with E-state index in [1.54, 1.807) is 0 Å². The lowest BCUT2D eigenvalue weighted by molar-refractivity contribution is 0.0195. The standard InChI is InChI=1S/C7H9NO2/c8-3-7-1-6(2-7,4-9)5-10-7/h9H,1-2,4-5H2. The molecule has 0 unspecified atom stereocenters. The predicted octanol–water partition coefficient (Wildman–Crippen LogP) is 0.0515. The predicted molar refractivity (Wildman–Crippen MR) is 33.0 cm³/mol. The minimum Gasteiger partial charge on any atom is -0.396 e. The molecule has 0 aromatic heterocycles. The second-order valence-corrected chi connectivity index (χ2v) is 3.41. The van der Waals surface area contributed by atoms with Gasteiger partial charge >= 0.3 is 0 Å². The third-order valence-corrected chi connectivity index (χ3v) is 2.51. The zero-order valence-electron chi connectivity index (χ0n) is 5.63. The van der Waals surface area contributed by atoms with Gasteiger partial charge in [-0.2, -0.15) is 5.26 Å². The highest BCUT2D eigenvalue weighted by molar-refractivity contribution is 5.21. The quantitative estimate of drug-likeness (QED) is 0.558. The molecule has 10 heavy (non-hydrogen) atoms. The molecule has 0 amide bonds. The van der Waals surface area contributed by atoms with Crippen LogP contribution < -0.4 is 0 Å². The molecule has 3 rings (SSSR count). The molecule has 2 aliphatic heterocycles. The van der Waals surface area contributed by atoms with Crippen LogP contribution in [0.25, 0.3) is 0 Å². The highest BCUT2D eigenvalue weighted by Gasteiger charge is 2.62. The molecule has 2 saturated heterocycles. The van der Waals surface area contributed by atoms with E-state index in [0.29, 0.717) is 6.61 Å². The molecule has 0 aromatic carbocycles. The van der Waals surface area contributed by atoms with Gasteiger partial charge in [0, 0.05) is 5.41 Å². The first-order chi connectivity index (χ1) is 4.74. The molecule has 0 spiro atoms. The third-order valence-electron chi connectivity index (χ3n) is 2.51. The normalized spacial score (nSPS) is 50.0. The maximum atomic E-state index is 8.88. The summed E-state index contributed by atoms with van der Waals surface area (Å²) in [5, 5.41) is 17.5. The minimum absolute atomic E-state index is 0.0459. The van der Waals surface area contributed by atoms with Crippen LogP contribution in [0.3, 0.4) is 0 Å². The summed E-state index contributed by atoms with van der Waals surface area (Å²) in [6.07, 6.45) is 1.46. The summed E-state index contributed by atoms with van der Waals surface area (Å²) in [5.41, 5.74) is -0.557. The Labute approximate surface area is 59.2 Å². The van der Waals surface area contributed by atoms with Gasteiger partial charge in [0.15, 0.2) is 5.60 Å². The number of rotatable bonds is 1. The Morgan fingerprint density at radius 1 is 1.60 bits per heavy atom. The Kier molecular flexibility index (Phi) is 0.936. The summed E-state index contributed by atoms with van der Waals surface area (Å²) >= 11 is 0. The Hall–Kier alpha value is -0.590. The van der Waals surface area contributed by atoms with E-state index in [1.165, 1.54) is 0 Å². The molecule has 1 saturated carbocycles. The van der Waals surface area contributed by atoms with E-state index < -0.39 is 5.60 Å². The molecular weight excluding hydrogens is 130 g/mol. The van der Waals surface area contributed by atoms with Crippen molar-refractivity contribution in [2.75, 3.05) is 13.2 Å². The largest absolute Gasteiger partial charge is 0.396 e. The van der Waals surface area contributed by atoms with E-state index in [2.05, 4.69) is 6.07 Å². The van der Waals surface area contributed by atoms with Gasteiger partial charge in [-0.05, 0) is 12.8 Å². The lowest BCUT2D eigenvalue weighted by Crippen LogP contribution is -2.44. The van der Waals surface area contributed by atoms with Crippen LogP contribution in [0.15, 0.2) is 0 Å². The average molecular weight is 139 g/mol. The van der Waals surface area contributed by atoms with Gasteiger partial charge in [-0.3, -0.25) is 0 Å². The van der Waals surface area contributed by atoms with Gasteiger partial charge in [-0.25, -0.2) is 0 Å². The van der Waals surface area contributed by atoms with Crippen molar-refractivity contribution in [3.8, 4) is 6.07 Å². The summed E-state index contributed by atoms with van der Waals surface area (Å²) < 4.78 is 5.24. The van der Waals surface area contributed by atoms with Crippen LogP contribution in [-0.2, 0) is 4.74 Å². The van der Waals surface area contributed by atoms with Gasteiger partial charge in [-0.1, -0.05) is 0 Å². The maximum absolute atomic E-state index is 8.88. The smallest absolute Gasteiger partial charge is 0.155 e. The summed E-state index contributed by atoms with van der Waals surface area (Å²) in [5.74, 6) is 0. The minimum atomic E-state index is -0.511. The molecule has 1 N–H and O–H groups in total. The molecule has 3 aliphatic rings. The van der Waals surface area contributed by atoms with Crippen molar-refractivity contribution < 1.29 is 9.84 Å². The van der Waals surface area contributed by atoms with Crippen molar-refractivity contribution >= 4 is 0 Å². The summed E-state index contributed by atoms with van der Waals surface area (Å²) in [6.45, 7) is 0.730. The molecule has 0 aromatic rings. The second kappa shape index (κ2) is 1.52. The molecule has 2 heterocycles. The second-order valence-electron chi connectivity index (χ2n) is 3.41. The van der Waals surface area contributed by atoms with E-state index in [4.69, 9.17) is 15.1 Å². The van der Waals surface area contributed by atoms with E-state index in [-0.39, 0.29) is 12.0 Å². The summed E-state index contributed by atoms with van der Waals surface area (Å²) in [4.78, 5) is 0. The van der Waals surface area contributed by atoms with Crippen LogP contribution in [0.2, 0.25) is 0 Å². The Morgan fingerprint density at radius 3 is 2.60 bits per heavy atom. The Morgan fingerprint density at radius 2 is 2.30 bits per heavy atom. The summed E-state index contributed by atoms with van der Waals surface area (Å²) in [7, 11) is 0. The van der Waals surface area contributed by atoms with Gasteiger partial charge in [0.2, 0.25) is 0 Å². The van der Waals surface area contributed by atoms with Crippen molar-refractivity contribution in [3.63, 3.8) is 0 Å². The Balaban J connectivity index is 2.15. The molecule has 0 radical (unpaired) electrons. The number of fused-ring (bicyclic) bond motifs is 1. The van der Waals surface area contributed by atoms with Crippen LogP contribution in [0, 0.1) is 16.7 Å². The third kappa shape index (κ3) is 0.511. The zero-order valence-corrected chi connectivity index (χ0v) is 5.63. The lowest BCUT2D eigenvalue weighted by atomic mass is 9.64. The molecule has 3 fully saturated rings. The molecule has 0 atom stereocenters. The highest BCUT2D eigenvalue weighted by atomic mass is 16.5. The van der Waals surface area contributed by atoms with Crippen molar-refractivity contribution in [1.82, 2.24) is 0 Å². The monoisotopic (exact) mass is 139 g/mol. The van der Waals surface area contributed by atoms with Crippen molar-refractivity contribution in [2.24, 2.45) is 5.41 Å². The van der Waals surface area contributed by atoms with Crippen molar-refractivity contribution in [1.29, 1.82) is 5.26 Å². The maximum Gasteiger partial charge on any atom is 0.155 e. The molecule has 54 valence electrons. The van der Waals surface area contributed by atoms with E-state index in [0.717, 1.165) is 12.8 Å². The number of hydrogen-bond acceptors (Lipinski definition) is 3. The van der Waals surface area contributed by atoms with Gasteiger partial charge in [0.1, 0.15) is 0 Å². The number of nitriles is 1. The number of nitrogens with zero attached hydrogens (tertiary/aromatic N) is 1. The van der Waals surface area contributed by atoms with E-state index >= 15 is 0 Å². The number of aliphatic hydroxyl groups is 1. The van der Waals surface area contributed by atoms with Gasteiger partial charge in [0.25, 0.3) is 0 Å². The van der Waals surface area contributed by atoms with Crippen molar-refractivity contribution in [2.45, 2.75) is 18.4 Å². The van der Waals surface area contributed by atoms with Crippen LogP contribution in [-0.4, -0.2) is 23.9 Å². The molecule has 3 heteroatoms. The van der Waals surface area contributed by atoms with Gasteiger partial charge in [-0.15, -0.1) is 0 Å². The lowest BCUT2D eigenvalue weighted by Gasteiger charge is -2.38. The van der Waals surface area contributed by atoms with Crippen molar-refractivity contribution in [3.05, 3.63) is 0 Å². The first-order valence-electron chi connectivity index (χ1n) is 3.40. The fraction of sp³-hybridized carbons (Fsp3) is 0.857. The molecular formula is C7H9NO2. The average Bonchev–Trinajstić information content (AvgIpc) is 2.40. The highest BCUT2D eigenvalue weighted by Crippen LogP contribution is 2.56. The van der Waals surface area contributed by atoms with Crippen LogP contribution in [0.1, 0.15) is 12.8 Å². The molecule has 1 aliphatic carbocycles. The van der Waals surface area contributed by atoms with Gasteiger partial charge in [0.05, 0.1) is 19.3 Å². The van der Waals surface area contributed by atoms with Gasteiger partial charge < -0.3 is 9.84 Å². The fourth-order valence-corrected chi connectivity index (χ4v) is 1.92. The first kappa shape index (κ1) is 6.14. The summed E-state index contributed by atoms with van der Waals surface area (Å²) in [6, 6.07) is 2.13. The zero-order chi connectivity index (χ0) is 7.24. The number of ether oxygens (including phenoxy) is 1. The van der Waals surface area contributed by atoms with Crippen LogP contribution in [0.5, 0.6) is 0 Å². The van der Waals surface area contributed by atoms with Crippen LogP contribution in [0.4, 0.5) is 0 Å². The molecule has 2 bridgehead atoms. The topological polar surface area (TPSA) is 53.2 Å². The number of hydrogen-bond donors (Lipinski definition) is 1. The van der Waals surface area contributed by atoms with E-state index in [9.17, 15) is 0 Å². The van der Waals surface area contributed by atoms with E-state index in [1.807, 2.05) is 0 Å².